The summed E-state index contributed by atoms with van der Waals surface area (Å²) in [6, 6.07) is 25.5. The summed E-state index contributed by atoms with van der Waals surface area (Å²) >= 11 is 0. The second-order valence-electron chi connectivity index (χ2n) is 6.35. The van der Waals surface area contributed by atoms with Gasteiger partial charge in [-0.05, 0) is 23.3 Å². The Balaban J connectivity index is 1.87. The van der Waals surface area contributed by atoms with Crippen molar-refractivity contribution in [3.63, 3.8) is 0 Å². The summed E-state index contributed by atoms with van der Waals surface area (Å²) in [7, 11) is -7.47. The van der Waals surface area contributed by atoms with Gasteiger partial charge in [-0.2, -0.15) is 0 Å². The molecule has 0 amide bonds. The van der Waals surface area contributed by atoms with E-state index in [0.717, 1.165) is 0 Å². The third-order valence-corrected chi connectivity index (χ3v) is 7.74. The summed E-state index contributed by atoms with van der Waals surface area (Å²) in [6.07, 6.45) is 0. The Bertz CT molecular complexity index is 1100. The first kappa shape index (κ1) is 20.3. The van der Waals surface area contributed by atoms with Crippen LogP contribution in [0.25, 0.3) is 0 Å². The normalized spacial score (nSPS) is 13.1. The van der Waals surface area contributed by atoms with Gasteiger partial charge in [0.2, 0.25) is 10.0 Å². The molecule has 0 aromatic heterocycles. The smallest absolute Gasteiger partial charge is 0.215 e. The Hall–Kier alpha value is -2.48. The van der Waals surface area contributed by atoms with Gasteiger partial charge in [0.25, 0.3) is 0 Å². The zero-order valence-electron chi connectivity index (χ0n) is 15.1. The number of sulfone groups is 1. The van der Waals surface area contributed by atoms with Gasteiger partial charge in [-0.15, -0.1) is 0 Å². The Labute approximate surface area is 166 Å². The molecular weight excluding hydrogens is 394 g/mol. The summed E-state index contributed by atoms with van der Waals surface area (Å²) in [5.74, 6) is -0.208. The fourth-order valence-corrected chi connectivity index (χ4v) is 5.84. The SMILES string of the molecule is O=S(=O)(Cc1ccccc1)NC[C@H](c1ccccc1)S(=O)(=O)c1ccccc1. The fourth-order valence-electron chi connectivity index (χ4n) is 2.90. The number of sulfonamides is 1. The minimum Gasteiger partial charge on any atom is -0.223 e. The molecule has 3 aromatic carbocycles. The molecule has 28 heavy (non-hydrogen) atoms. The molecule has 146 valence electrons. The lowest BCUT2D eigenvalue weighted by molar-refractivity contribution is 0.568. The number of hydrogen-bond donors (Lipinski definition) is 1. The highest BCUT2D eigenvalue weighted by Gasteiger charge is 2.30. The van der Waals surface area contributed by atoms with Crippen LogP contribution in [-0.4, -0.2) is 23.4 Å². The molecule has 0 aliphatic rings. The predicted molar refractivity (Wildman–Crippen MR) is 110 cm³/mol. The predicted octanol–water partition coefficient (Wildman–Crippen LogP) is 3.32. The first-order valence-corrected chi connectivity index (χ1v) is 11.9. The lowest BCUT2D eigenvalue weighted by Crippen LogP contribution is -2.32. The quantitative estimate of drug-likeness (QED) is 0.612. The van der Waals surface area contributed by atoms with Gasteiger partial charge in [0.1, 0.15) is 5.25 Å². The van der Waals surface area contributed by atoms with Crippen LogP contribution in [0.1, 0.15) is 16.4 Å². The Morgan fingerprint density at radius 2 is 1.18 bits per heavy atom. The van der Waals surface area contributed by atoms with Gasteiger partial charge in [0, 0.05) is 6.54 Å². The highest BCUT2D eigenvalue weighted by molar-refractivity contribution is 7.92. The molecule has 0 spiro atoms. The van der Waals surface area contributed by atoms with Gasteiger partial charge in [-0.3, -0.25) is 0 Å². The van der Waals surface area contributed by atoms with Gasteiger partial charge < -0.3 is 0 Å². The Morgan fingerprint density at radius 3 is 1.75 bits per heavy atom. The van der Waals surface area contributed by atoms with Gasteiger partial charge >= 0.3 is 0 Å². The van der Waals surface area contributed by atoms with Crippen molar-refractivity contribution in [2.75, 3.05) is 6.54 Å². The maximum Gasteiger partial charge on any atom is 0.215 e. The zero-order valence-corrected chi connectivity index (χ0v) is 16.7. The molecule has 0 aliphatic heterocycles. The lowest BCUT2D eigenvalue weighted by atomic mass is 10.1. The maximum absolute atomic E-state index is 13.2. The third kappa shape index (κ3) is 5.07. The Morgan fingerprint density at radius 1 is 0.679 bits per heavy atom. The summed E-state index contributed by atoms with van der Waals surface area (Å²) in [4.78, 5) is 0.158. The van der Waals surface area contributed by atoms with Crippen molar-refractivity contribution in [3.05, 3.63) is 102 Å². The number of hydrogen-bond acceptors (Lipinski definition) is 4. The van der Waals surface area contributed by atoms with Crippen molar-refractivity contribution in [1.29, 1.82) is 0 Å². The van der Waals surface area contributed by atoms with Crippen LogP contribution in [0.15, 0.2) is 95.9 Å². The lowest BCUT2D eigenvalue weighted by Gasteiger charge is -2.19. The van der Waals surface area contributed by atoms with Gasteiger partial charge in [-0.25, -0.2) is 21.6 Å². The third-order valence-electron chi connectivity index (χ3n) is 4.31. The van der Waals surface area contributed by atoms with Crippen LogP contribution in [0.2, 0.25) is 0 Å². The summed E-state index contributed by atoms with van der Waals surface area (Å²) in [5.41, 5.74) is 1.17. The molecular formula is C21H21NO4S2. The first-order chi connectivity index (χ1) is 13.4. The van der Waals surface area contributed by atoms with Crippen LogP contribution >= 0.6 is 0 Å². The van der Waals surface area contributed by atoms with Crippen molar-refractivity contribution in [3.8, 4) is 0 Å². The zero-order chi connectivity index (χ0) is 20.0. The van der Waals surface area contributed by atoms with Crippen LogP contribution < -0.4 is 4.72 Å². The molecule has 1 N–H and O–H groups in total. The van der Waals surface area contributed by atoms with Crippen molar-refractivity contribution in [2.24, 2.45) is 0 Å². The van der Waals surface area contributed by atoms with Crippen LogP contribution in [-0.2, 0) is 25.6 Å². The molecule has 0 fully saturated rings. The van der Waals surface area contributed by atoms with E-state index >= 15 is 0 Å². The molecule has 0 radical (unpaired) electrons. The monoisotopic (exact) mass is 415 g/mol. The molecule has 5 nitrogen and oxygen atoms in total. The number of rotatable bonds is 8. The molecule has 0 unspecified atom stereocenters. The second-order valence-corrected chi connectivity index (χ2v) is 10.3. The van der Waals surface area contributed by atoms with E-state index < -0.39 is 25.1 Å². The van der Waals surface area contributed by atoms with Gasteiger partial charge in [-0.1, -0.05) is 78.9 Å². The summed E-state index contributed by atoms with van der Waals surface area (Å²) < 4.78 is 53.8. The molecule has 3 rings (SSSR count). The van der Waals surface area contributed by atoms with E-state index in [4.69, 9.17) is 0 Å². The van der Waals surface area contributed by atoms with E-state index in [1.807, 2.05) is 0 Å². The largest absolute Gasteiger partial charge is 0.223 e. The molecule has 0 saturated heterocycles. The first-order valence-electron chi connectivity index (χ1n) is 8.74. The van der Waals surface area contributed by atoms with Gasteiger partial charge in [0.05, 0.1) is 10.6 Å². The van der Waals surface area contributed by atoms with Crippen molar-refractivity contribution in [2.45, 2.75) is 15.9 Å². The van der Waals surface area contributed by atoms with E-state index in [1.165, 1.54) is 12.1 Å². The van der Waals surface area contributed by atoms with Crippen LogP contribution in [0.3, 0.4) is 0 Å². The number of nitrogens with one attached hydrogen (secondary N) is 1. The summed E-state index contributed by atoms with van der Waals surface area (Å²) in [6.45, 7) is -0.240. The van der Waals surface area contributed by atoms with E-state index in [2.05, 4.69) is 4.72 Å². The average Bonchev–Trinajstić information content (AvgIpc) is 2.70. The van der Waals surface area contributed by atoms with Crippen LogP contribution in [0.4, 0.5) is 0 Å². The topological polar surface area (TPSA) is 80.3 Å². The second kappa shape index (κ2) is 8.68. The molecule has 1 atom stereocenters. The summed E-state index contributed by atoms with van der Waals surface area (Å²) in [5, 5.41) is -1.03. The van der Waals surface area contributed by atoms with Crippen molar-refractivity contribution < 1.29 is 16.8 Å². The van der Waals surface area contributed by atoms with E-state index in [9.17, 15) is 16.8 Å². The molecule has 0 bridgehead atoms. The molecule has 0 heterocycles. The molecule has 3 aromatic rings. The molecule has 7 heteroatoms. The highest BCUT2D eigenvalue weighted by atomic mass is 32.2. The van der Waals surface area contributed by atoms with Crippen LogP contribution in [0, 0.1) is 0 Å². The standard InChI is InChI=1S/C21H21NO4S2/c23-27(24,17-18-10-4-1-5-11-18)22-16-21(19-12-6-2-7-13-19)28(25,26)20-14-8-3-9-15-20/h1-15,21-22H,16-17H2/t21-/m1/s1. The highest BCUT2D eigenvalue weighted by Crippen LogP contribution is 2.28. The van der Waals surface area contributed by atoms with E-state index in [1.54, 1.807) is 78.9 Å². The van der Waals surface area contributed by atoms with Crippen molar-refractivity contribution >= 4 is 19.9 Å². The Kier molecular flexibility index (Phi) is 6.28. The molecule has 0 aliphatic carbocycles. The van der Waals surface area contributed by atoms with E-state index in [-0.39, 0.29) is 17.2 Å². The van der Waals surface area contributed by atoms with E-state index in [0.29, 0.717) is 11.1 Å². The van der Waals surface area contributed by atoms with Crippen LogP contribution in [0.5, 0.6) is 0 Å². The average molecular weight is 416 g/mol. The minimum atomic E-state index is -3.78. The minimum absolute atomic E-state index is 0.158. The van der Waals surface area contributed by atoms with Gasteiger partial charge in [0.15, 0.2) is 9.84 Å². The fraction of sp³-hybridized carbons (Fsp3) is 0.143. The maximum atomic E-state index is 13.2. The number of benzene rings is 3. The van der Waals surface area contributed by atoms with Crippen molar-refractivity contribution in [1.82, 2.24) is 4.72 Å². The molecule has 0 saturated carbocycles.